The van der Waals surface area contributed by atoms with Gasteiger partial charge in [0.1, 0.15) is 23.5 Å². The molecule has 0 amide bonds. The highest BCUT2D eigenvalue weighted by atomic mass is 15.1. The Balaban J connectivity index is 2.71. The third-order valence-electron chi connectivity index (χ3n) is 3.09. The van der Waals surface area contributed by atoms with E-state index in [9.17, 15) is 0 Å². The molecule has 0 aliphatic heterocycles. The Bertz CT molecular complexity index is 459. The van der Waals surface area contributed by atoms with E-state index in [1.54, 1.807) is 0 Å². The maximum Gasteiger partial charge on any atom is 0.132 e. The Morgan fingerprint density at radius 2 is 1.84 bits per heavy atom. The Hall–Kier alpha value is -1.83. The van der Waals surface area contributed by atoms with Gasteiger partial charge in [-0.05, 0) is 25.7 Å². The number of hydrogen-bond donors (Lipinski definition) is 2. The molecular formula is C14H23N5. The van der Waals surface area contributed by atoms with Crippen LogP contribution in [0.1, 0.15) is 41.0 Å². The minimum absolute atomic E-state index is 0.227. The highest BCUT2D eigenvalue weighted by Crippen LogP contribution is 2.21. The topological polar surface area (TPSA) is 73.6 Å². The Morgan fingerprint density at radius 3 is 2.42 bits per heavy atom. The minimum Gasteiger partial charge on any atom is -0.369 e. The van der Waals surface area contributed by atoms with Gasteiger partial charge in [-0.15, -0.1) is 0 Å². The summed E-state index contributed by atoms with van der Waals surface area (Å²) in [7, 11) is 0. The predicted octanol–water partition coefficient (Wildman–Crippen LogP) is 3.04. The van der Waals surface area contributed by atoms with Crippen LogP contribution in [0.15, 0.2) is 12.4 Å². The molecule has 0 unspecified atom stereocenters. The number of aromatic nitrogens is 2. The molecule has 0 saturated carbocycles. The molecule has 0 fully saturated rings. The van der Waals surface area contributed by atoms with Gasteiger partial charge in [0.15, 0.2) is 0 Å². The molecule has 0 radical (unpaired) electrons. The SMILES string of the molecule is CCC(C)(C)CNc1cc(NC(C)(C)C#N)ncn1. The molecule has 2 N–H and O–H groups in total. The summed E-state index contributed by atoms with van der Waals surface area (Å²) in [5, 5.41) is 15.4. The van der Waals surface area contributed by atoms with E-state index in [1.807, 2.05) is 19.9 Å². The van der Waals surface area contributed by atoms with Crippen LogP contribution in [0.25, 0.3) is 0 Å². The van der Waals surface area contributed by atoms with Crippen molar-refractivity contribution in [3.05, 3.63) is 12.4 Å². The van der Waals surface area contributed by atoms with Crippen molar-refractivity contribution in [1.29, 1.82) is 5.26 Å². The Morgan fingerprint density at radius 1 is 1.21 bits per heavy atom. The van der Waals surface area contributed by atoms with Crippen molar-refractivity contribution in [2.45, 2.75) is 46.6 Å². The molecule has 19 heavy (non-hydrogen) atoms. The normalized spacial score (nSPS) is 11.8. The van der Waals surface area contributed by atoms with Crippen molar-refractivity contribution in [3.63, 3.8) is 0 Å². The number of nitrogens with one attached hydrogen (secondary N) is 2. The number of nitriles is 1. The van der Waals surface area contributed by atoms with E-state index in [-0.39, 0.29) is 5.41 Å². The second kappa shape index (κ2) is 5.87. The fourth-order valence-electron chi connectivity index (χ4n) is 1.33. The molecule has 1 aromatic rings. The first-order valence-electron chi connectivity index (χ1n) is 6.53. The minimum atomic E-state index is -0.645. The molecule has 0 aliphatic rings. The van der Waals surface area contributed by atoms with Crippen LogP contribution in [0.5, 0.6) is 0 Å². The van der Waals surface area contributed by atoms with Gasteiger partial charge in [-0.25, -0.2) is 9.97 Å². The average molecular weight is 261 g/mol. The molecule has 0 aromatic carbocycles. The van der Waals surface area contributed by atoms with Gasteiger partial charge in [-0.1, -0.05) is 20.8 Å². The van der Waals surface area contributed by atoms with Gasteiger partial charge in [0.2, 0.25) is 0 Å². The molecule has 104 valence electrons. The molecule has 1 rings (SSSR count). The molecule has 1 aromatic heterocycles. The van der Waals surface area contributed by atoms with Crippen molar-refractivity contribution >= 4 is 11.6 Å². The fraction of sp³-hybridized carbons (Fsp3) is 0.643. The van der Waals surface area contributed by atoms with Gasteiger partial charge in [0.05, 0.1) is 6.07 Å². The molecule has 0 spiro atoms. The zero-order valence-corrected chi connectivity index (χ0v) is 12.4. The summed E-state index contributed by atoms with van der Waals surface area (Å²) < 4.78 is 0. The smallest absolute Gasteiger partial charge is 0.132 e. The number of hydrogen-bond acceptors (Lipinski definition) is 5. The van der Waals surface area contributed by atoms with Crippen molar-refractivity contribution < 1.29 is 0 Å². The predicted molar refractivity (Wildman–Crippen MR) is 77.9 cm³/mol. The molecule has 0 aliphatic carbocycles. The van der Waals surface area contributed by atoms with Gasteiger partial charge < -0.3 is 10.6 Å². The third kappa shape index (κ3) is 5.12. The summed E-state index contributed by atoms with van der Waals surface area (Å²) >= 11 is 0. The van der Waals surface area contributed by atoms with E-state index in [0.717, 1.165) is 18.8 Å². The van der Waals surface area contributed by atoms with Crippen LogP contribution in [0.2, 0.25) is 0 Å². The molecule has 0 bridgehead atoms. The van der Waals surface area contributed by atoms with E-state index in [0.29, 0.717) is 5.82 Å². The van der Waals surface area contributed by atoms with Crippen LogP contribution in [-0.2, 0) is 0 Å². The second-order valence-electron chi connectivity index (χ2n) is 6.02. The van der Waals surface area contributed by atoms with Crippen LogP contribution in [0.3, 0.4) is 0 Å². The van der Waals surface area contributed by atoms with E-state index in [2.05, 4.69) is 47.4 Å². The molecule has 0 saturated heterocycles. The van der Waals surface area contributed by atoms with Gasteiger partial charge in [-0.2, -0.15) is 5.26 Å². The number of nitrogens with zero attached hydrogens (tertiary/aromatic N) is 3. The molecule has 0 atom stereocenters. The van der Waals surface area contributed by atoms with Crippen molar-refractivity contribution in [2.75, 3.05) is 17.2 Å². The lowest BCUT2D eigenvalue weighted by molar-refractivity contribution is 0.376. The largest absolute Gasteiger partial charge is 0.369 e. The van der Waals surface area contributed by atoms with Crippen LogP contribution < -0.4 is 10.6 Å². The maximum absolute atomic E-state index is 9.00. The first kappa shape index (κ1) is 15.2. The Kier molecular flexibility index (Phi) is 4.71. The summed E-state index contributed by atoms with van der Waals surface area (Å²) in [6.45, 7) is 11.1. The van der Waals surface area contributed by atoms with Gasteiger partial charge in [0.25, 0.3) is 0 Å². The molecule has 1 heterocycles. The number of rotatable bonds is 6. The van der Waals surface area contributed by atoms with Crippen LogP contribution >= 0.6 is 0 Å². The van der Waals surface area contributed by atoms with Crippen molar-refractivity contribution in [2.24, 2.45) is 5.41 Å². The lowest BCUT2D eigenvalue weighted by Gasteiger charge is -2.23. The lowest BCUT2D eigenvalue weighted by Crippen LogP contribution is -2.29. The highest BCUT2D eigenvalue weighted by Gasteiger charge is 2.17. The van der Waals surface area contributed by atoms with Gasteiger partial charge in [0, 0.05) is 12.6 Å². The monoisotopic (exact) mass is 261 g/mol. The summed E-state index contributed by atoms with van der Waals surface area (Å²) in [6.07, 6.45) is 2.59. The van der Waals surface area contributed by atoms with Gasteiger partial charge in [-0.3, -0.25) is 0 Å². The first-order chi connectivity index (χ1) is 8.78. The molecular weight excluding hydrogens is 238 g/mol. The van der Waals surface area contributed by atoms with E-state index in [1.165, 1.54) is 6.33 Å². The van der Waals surface area contributed by atoms with E-state index < -0.39 is 5.54 Å². The Labute approximate surface area is 115 Å². The average Bonchev–Trinajstić information content (AvgIpc) is 2.37. The maximum atomic E-state index is 9.00. The second-order valence-corrected chi connectivity index (χ2v) is 6.02. The molecule has 5 nitrogen and oxygen atoms in total. The van der Waals surface area contributed by atoms with Gasteiger partial charge >= 0.3 is 0 Å². The van der Waals surface area contributed by atoms with Crippen molar-refractivity contribution in [3.8, 4) is 6.07 Å². The zero-order chi connectivity index (χ0) is 14.5. The zero-order valence-electron chi connectivity index (χ0n) is 12.4. The number of anilines is 2. The van der Waals surface area contributed by atoms with E-state index >= 15 is 0 Å². The third-order valence-corrected chi connectivity index (χ3v) is 3.09. The van der Waals surface area contributed by atoms with Crippen LogP contribution in [0, 0.1) is 16.7 Å². The molecule has 5 heteroatoms. The van der Waals surface area contributed by atoms with Crippen LogP contribution in [0.4, 0.5) is 11.6 Å². The van der Waals surface area contributed by atoms with Crippen LogP contribution in [-0.4, -0.2) is 22.1 Å². The fourth-order valence-corrected chi connectivity index (χ4v) is 1.33. The lowest BCUT2D eigenvalue weighted by atomic mass is 9.90. The summed E-state index contributed by atoms with van der Waals surface area (Å²) in [5.41, 5.74) is -0.418. The van der Waals surface area contributed by atoms with Crippen molar-refractivity contribution in [1.82, 2.24) is 9.97 Å². The van der Waals surface area contributed by atoms with E-state index in [4.69, 9.17) is 5.26 Å². The first-order valence-corrected chi connectivity index (χ1v) is 6.53. The summed E-state index contributed by atoms with van der Waals surface area (Å²) in [6, 6.07) is 4.01. The quantitative estimate of drug-likeness (QED) is 0.823. The standard InChI is InChI=1S/C14H23N5/c1-6-13(2,3)9-16-11-7-12(18-10-17-11)19-14(4,5)8-15/h7,10H,6,9H2,1-5H3,(H2,16,17,18,19). The summed E-state index contributed by atoms with van der Waals surface area (Å²) in [5.74, 6) is 1.42. The summed E-state index contributed by atoms with van der Waals surface area (Å²) in [4.78, 5) is 8.31. The highest BCUT2D eigenvalue weighted by molar-refractivity contribution is 5.48.